The number of thiazole rings is 1. The Labute approximate surface area is 150 Å². The summed E-state index contributed by atoms with van der Waals surface area (Å²) in [5, 5.41) is 25.7. The number of carbonyl (C=O) groups excluding carboxylic acids is 1. The number of phenols is 1. The van der Waals surface area contributed by atoms with Gasteiger partial charge in [-0.05, 0) is 12.1 Å². The molecule has 0 atom stereocenters. The average molecular weight is 375 g/mol. The molecule has 2 aromatic heterocycles. The maximum Gasteiger partial charge on any atom is 0.240 e. The maximum atomic E-state index is 11.8. The molecule has 4 N–H and O–H groups in total. The van der Waals surface area contributed by atoms with E-state index in [0.29, 0.717) is 21.8 Å². The SMILES string of the molecule is O=C(CSc1n[nH]c(N/N=C/c2ccccc2O)n1)Nc1nccs1. The van der Waals surface area contributed by atoms with Gasteiger partial charge in [0.2, 0.25) is 17.0 Å². The van der Waals surface area contributed by atoms with Crippen molar-refractivity contribution in [1.82, 2.24) is 20.2 Å². The summed E-state index contributed by atoms with van der Waals surface area (Å²) < 4.78 is 0. The van der Waals surface area contributed by atoms with E-state index in [4.69, 9.17) is 0 Å². The first-order valence-electron chi connectivity index (χ1n) is 7.02. The Kier molecular flexibility index (Phi) is 5.59. The van der Waals surface area contributed by atoms with Crippen LogP contribution in [0.4, 0.5) is 11.1 Å². The van der Waals surface area contributed by atoms with E-state index in [1.165, 1.54) is 29.3 Å². The van der Waals surface area contributed by atoms with Gasteiger partial charge in [-0.3, -0.25) is 4.79 Å². The molecule has 0 bridgehead atoms. The van der Waals surface area contributed by atoms with E-state index in [1.807, 2.05) is 0 Å². The van der Waals surface area contributed by atoms with Crippen molar-refractivity contribution < 1.29 is 9.90 Å². The lowest BCUT2D eigenvalue weighted by molar-refractivity contribution is -0.113. The molecule has 1 aromatic carbocycles. The number of benzene rings is 1. The van der Waals surface area contributed by atoms with Crippen molar-refractivity contribution in [3.63, 3.8) is 0 Å². The third kappa shape index (κ3) is 5.02. The summed E-state index contributed by atoms with van der Waals surface area (Å²) in [5.41, 5.74) is 3.24. The number of hydrazone groups is 1. The van der Waals surface area contributed by atoms with Gasteiger partial charge in [0.1, 0.15) is 5.75 Å². The van der Waals surface area contributed by atoms with E-state index in [9.17, 15) is 9.90 Å². The number of hydrogen-bond acceptors (Lipinski definition) is 9. The Bertz CT molecular complexity index is 864. The predicted octanol–water partition coefficient (Wildman–Crippen LogP) is 2.14. The van der Waals surface area contributed by atoms with Crippen LogP contribution < -0.4 is 10.7 Å². The number of aromatic hydroxyl groups is 1. The second-order valence-electron chi connectivity index (χ2n) is 4.57. The van der Waals surface area contributed by atoms with Gasteiger partial charge >= 0.3 is 0 Å². The standard InChI is InChI=1S/C14H13N7O2S2/c22-10-4-2-1-3-9(10)7-16-19-12-18-14(21-20-12)25-8-11(23)17-13-15-5-6-24-13/h1-7,22H,8H2,(H,15,17,23)(H2,18,19,20,21)/b16-7+. The van der Waals surface area contributed by atoms with Crippen LogP contribution in [0.5, 0.6) is 5.75 Å². The van der Waals surface area contributed by atoms with Crippen LogP contribution in [-0.2, 0) is 4.79 Å². The fourth-order valence-corrected chi connectivity index (χ4v) is 2.83. The van der Waals surface area contributed by atoms with Crippen molar-refractivity contribution in [1.29, 1.82) is 0 Å². The monoisotopic (exact) mass is 375 g/mol. The van der Waals surface area contributed by atoms with Crippen molar-refractivity contribution in [3.05, 3.63) is 41.4 Å². The number of hydrogen-bond donors (Lipinski definition) is 4. The number of carbonyl (C=O) groups is 1. The van der Waals surface area contributed by atoms with Crippen LogP contribution in [0.2, 0.25) is 0 Å². The largest absolute Gasteiger partial charge is 0.507 e. The summed E-state index contributed by atoms with van der Waals surface area (Å²) in [5.74, 6) is 0.442. The summed E-state index contributed by atoms with van der Waals surface area (Å²) in [6, 6.07) is 6.82. The molecule has 11 heteroatoms. The van der Waals surface area contributed by atoms with Crippen LogP contribution in [0.15, 0.2) is 46.1 Å². The number of thioether (sulfide) groups is 1. The van der Waals surface area contributed by atoms with E-state index in [0.717, 1.165) is 0 Å². The summed E-state index contributed by atoms with van der Waals surface area (Å²) in [6.45, 7) is 0. The number of H-pyrrole nitrogens is 1. The first-order valence-corrected chi connectivity index (χ1v) is 8.89. The zero-order valence-corrected chi connectivity index (χ0v) is 14.3. The number of amides is 1. The number of nitrogens with zero attached hydrogens (tertiary/aromatic N) is 4. The lowest BCUT2D eigenvalue weighted by Crippen LogP contribution is -2.13. The van der Waals surface area contributed by atoms with Crippen molar-refractivity contribution >= 4 is 46.3 Å². The van der Waals surface area contributed by atoms with Gasteiger partial charge in [0.05, 0.1) is 12.0 Å². The molecule has 0 aliphatic carbocycles. The fraction of sp³-hybridized carbons (Fsp3) is 0.0714. The molecule has 0 aliphatic heterocycles. The van der Waals surface area contributed by atoms with Crippen LogP contribution in [0.3, 0.4) is 0 Å². The van der Waals surface area contributed by atoms with Gasteiger partial charge < -0.3 is 10.4 Å². The second-order valence-corrected chi connectivity index (χ2v) is 6.41. The molecule has 0 saturated carbocycles. The first kappa shape index (κ1) is 16.9. The van der Waals surface area contributed by atoms with Gasteiger partial charge in [0, 0.05) is 17.1 Å². The molecule has 3 rings (SSSR count). The molecule has 2 heterocycles. The molecule has 0 radical (unpaired) electrons. The normalized spacial score (nSPS) is 10.9. The van der Waals surface area contributed by atoms with E-state index in [1.54, 1.807) is 35.8 Å². The Morgan fingerprint density at radius 1 is 1.44 bits per heavy atom. The Morgan fingerprint density at radius 2 is 2.32 bits per heavy atom. The van der Waals surface area contributed by atoms with Crippen LogP contribution >= 0.6 is 23.1 Å². The highest BCUT2D eigenvalue weighted by Gasteiger charge is 2.08. The van der Waals surface area contributed by atoms with Gasteiger partial charge in [0.25, 0.3) is 0 Å². The minimum absolute atomic E-state index is 0.133. The van der Waals surface area contributed by atoms with Crippen molar-refractivity contribution in [2.75, 3.05) is 16.5 Å². The summed E-state index contributed by atoms with van der Waals surface area (Å²) >= 11 is 2.53. The van der Waals surface area contributed by atoms with E-state index >= 15 is 0 Å². The predicted molar refractivity (Wildman–Crippen MR) is 97.2 cm³/mol. The quantitative estimate of drug-likeness (QED) is 0.283. The molecule has 0 unspecified atom stereocenters. The van der Waals surface area contributed by atoms with E-state index < -0.39 is 0 Å². The third-order valence-electron chi connectivity index (χ3n) is 2.79. The molecule has 9 nitrogen and oxygen atoms in total. The van der Waals surface area contributed by atoms with Crippen LogP contribution in [0.1, 0.15) is 5.56 Å². The van der Waals surface area contributed by atoms with Crippen molar-refractivity contribution in [3.8, 4) is 5.75 Å². The number of nitrogens with one attached hydrogen (secondary N) is 3. The summed E-state index contributed by atoms with van der Waals surface area (Å²) in [6.07, 6.45) is 3.09. The summed E-state index contributed by atoms with van der Waals surface area (Å²) in [4.78, 5) is 19.9. The van der Waals surface area contributed by atoms with Gasteiger partial charge in [-0.1, -0.05) is 23.9 Å². The van der Waals surface area contributed by atoms with E-state index in [2.05, 4.69) is 36.0 Å². The van der Waals surface area contributed by atoms with Gasteiger partial charge in [0.15, 0.2) is 5.13 Å². The first-order chi connectivity index (χ1) is 12.2. The molecule has 128 valence electrons. The minimum atomic E-state index is -0.183. The zero-order chi connectivity index (χ0) is 17.5. The van der Waals surface area contributed by atoms with Crippen molar-refractivity contribution in [2.45, 2.75) is 5.16 Å². The highest BCUT2D eigenvalue weighted by Crippen LogP contribution is 2.16. The number of rotatable bonds is 7. The molecule has 1 amide bonds. The Hall–Kier alpha value is -2.92. The lowest BCUT2D eigenvalue weighted by Gasteiger charge is -1.98. The molecule has 0 saturated heterocycles. The molecular formula is C14H13N7O2S2. The Morgan fingerprint density at radius 3 is 3.12 bits per heavy atom. The van der Waals surface area contributed by atoms with Crippen LogP contribution in [0.25, 0.3) is 0 Å². The third-order valence-corrected chi connectivity index (χ3v) is 4.32. The minimum Gasteiger partial charge on any atom is -0.507 e. The number of anilines is 2. The molecule has 3 aromatic rings. The smallest absolute Gasteiger partial charge is 0.240 e. The number of para-hydroxylation sites is 1. The molecule has 0 aliphatic rings. The topological polar surface area (TPSA) is 128 Å². The van der Waals surface area contributed by atoms with Gasteiger partial charge in [-0.15, -0.1) is 16.4 Å². The Balaban J connectivity index is 1.47. The molecule has 0 spiro atoms. The molecular weight excluding hydrogens is 362 g/mol. The lowest BCUT2D eigenvalue weighted by atomic mass is 10.2. The molecule has 25 heavy (non-hydrogen) atoms. The molecule has 0 fully saturated rings. The van der Waals surface area contributed by atoms with Crippen LogP contribution in [0, 0.1) is 0 Å². The highest BCUT2D eigenvalue weighted by atomic mass is 32.2. The second kappa shape index (κ2) is 8.26. The average Bonchev–Trinajstić information content (AvgIpc) is 3.27. The zero-order valence-electron chi connectivity index (χ0n) is 12.7. The number of phenolic OH excluding ortho intramolecular Hbond substituents is 1. The highest BCUT2D eigenvalue weighted by molar-refractivity contribution is 7.99. The van der Waals surface area contributed by atoms with Gasteiger partial charge in [-0.25, -0.2) is 15.5 Å². The number of aromatic nitrogens is 4. The fourth-order valence-electron chi connectivity index (χ4n) is 1.69. The van der Waals surface area contributed by atoms with Gasteiger partial charge in [-0.2, -0.15) is 10.1 Å². The van der Waals surface area contributed by atoms with E-state index in [-0.39, 0.29) is 17.4 Å². The van der Waals surface area contributed by atoms with Crippen LogP contribution in [-0.4, -0.2) is 43.1 Å². The number of aromatic amines is 1. The maximum absolute atomic E-state index is 11.8. The van der Waals surface area contributed by atoms with Crippen molar-refractivity contribution in [2.24, 2.45) is 5.10 Å². The summed E-state index contributed by atoms with van der Waals surface area (Å²) in [7, 11) is 0.